The Morgan fingerprint density at radius 1 is 1.27 bits per heavy atom. The van der Waals surface area contributed by atoms with Gasteiger partial charge in [0.2, 0.25) is 0 Å². The molecular formula is C22H19Cl2N5O3S. The van der Waals surface area contributed by atoms with Gasteiger partial charge < -0.3 is 4.57 Å². The Balaban J connectivity index is 0.00000306. The first-order chi connectivity index (χ1) is 15.5. The van der Waals surface area contributed by atoms with Gasteiger partial charge in [0.15, 0.2) is 5.13 Å². The van der Waals surface area contributed by atoms with E-state index in [9.17, 15) is 14.9 Å². The summed E-state index contributed by atoms with van der Waals surface area (Å²) in [5.74, 6) is -0.257. The Labute approximate surface area is 204 Å². The molecule has 4 rings (SSSR count). The molecule has 8 nitrogen and oxygen atoms in total. The van der Waals surface area contributed by atoms with E-state index in [0.717, 1.165) is 10.2 Å². The number of fused-ring (bicyclic) bond motifs is 1. The third-order valence-corrected chi connectivity index (χ3v) is 5.97. The summed E-state index contributed by atoms with van der Waals surface area (Å²) in [7, 11) is 0. The van der Waals surface area contributed by atoms with E-state index < -0.39 is 4.92 Å². The summed E-state index contributed by atoms with van der Waals surface area (Å²) in [6, 6.07) is 11.5. The minimum Gasteiger partial charge on any atom is -0.337 e. The van der Waals surface area contributed by atoms with Crippen LogP contribution >= 0.6 is 35.3 Å². The minimum atomic E-state index is -0.464. The maximum absolute atomic E-state index is 13.1. The normalized spacial score (nSPS) is 10.9. The molecule has 0 saturated heterocycles. The lowest BCUT2D eigenvalue weighted by Gasteiger charge is -2.18. The molecule has 2 heterocycles. The molecule has 2 aromatic heterocycles. The van der Waals surface area contributed by atoms with Crippen LogP contribution in [0.2, 0.25) is 5.02 Å². The van der Waals surface area contributed by atoms with Crippen molar-refractivity contribution in [2.45, 2.75) is 13.0 Å². The van der Waals surface area contributed by atoms with E-state index in [4.69, 9.17) is 11.6 Å². The van der Waals surface area contributed by atoms with Gasteiger partial charge in [-0.05, 0) is 36.3 Å². The molecule has 2 aromatic carbocycles. The number of hydrogen-bond donors (Lipinski definition) is 0. The predicted molar refractivity (Wildman–Crippen MR) is 133 cm³/mol. The van der Waals surface area contributed by atoms with E-state index in [1.165, 1.54) is 29.5 Å². The van der Waals surface area contributed by atoms with Gasteiger partial charge in [0.25, 0.3) is 11.6 Å². The Morgan fingerprint density at radius 2 is 2.12 bits per heavy atom. The zero-order valence-electron chi connectivity index (χ0n) is 17.2. The molecule has 0 aliphatic rings. The van der Waals surface area contributed by atoms with Gasteiger partial charge in [-0.1, -0.05) is 35.1 Å². The van der Waals surface area contributed by atoms with Gasteiger partial charge in [0.05, 0.1) is 21.5 Å². The third-order valence-electron chi connectivity index (χ3n) is 4.69. The van der Waals surface area contributed by atoms with Gasteiger partial charge in [0.1, 0.15) is 0 Å². The number of hydrogen-bond acceptors (Lipinski definition) is 6. The number of thiazole rings is 1. The fraction of sp³-hybridized carbons (Fsp3) is 0.136. The molecule has 0 aliphatic carbocycles. The monoisotopic (exact) mass is 503 g/mol. The second-order valence-electron chi connectivity index (χ2n) is 6.94. The summed E-state index contributed by atoms with van der Waals surface area (Å²) in [6.07, 6.45) is 8.99. The van der Waals surface area contributed by atoms with Gasteiger partial charge in [-0.2, -0.15) is 0 Å². The average molecular weight is 504 g/mol. The molecule has 170 valence electrons. The van der Waals surface area contributed by atoms with Crippen LogP contribution in [0, 0.1) is 10.1 Å². The van der Waals surface area contributed by atoms with Crippen molar-refractivity contribution in [3.05, 3.63) is 88.0 Å². The van der Waals surface area contributed by atoms with E-state index in [1.807, 2.05) is 22.9 Å². The first-order valence-electron chi connectivity index (χ1n) is 9.75. The SMILES string of the molecule is Cl.O=C(/C=C/c1cccc([N+](=O)[O-])c1)N(CCCn1ccnc1)c1nc2ccc(Cl)cc2s1. The molecular weight excluding hydrogens is 485 g/mol. The summed E-state index contributed by atoms with van der Waals surface area (Å²) < 4.78 is 2.84. The minimum absolute atomic E-state index is 0. The van der Waals surface area contributed by atoms with Gasteiger partial charge in [-0.25, -0.2) is 9.97 Å². The highest BCUT2D eigenvalue weighted by molar-refractivity contribution is 7.22. The number of aromatic nitrogens is 3. The predicted octanol–water partition coefficient (Wildman–Crippen LogP) is 5.61. The number of aryl methyl sites for hydroxylation is 1. The van der Waals surface area contributed by atoms with Crippen molar-refractivity contribution in [2.75, 3.05) is 11.4 Å². The largest absolute Gasteiger partial charge is 0.337 e. The molecule has 0 atom stereocenters. The number of rotatable bonds is 8. The number of amides is 1. The lowest BCUT2D eigenvalue weighted by atomic mass is 10.2. The van der Waals surface area contributed by atoms with E-state index >= 15 is 0 Å². The summed E-state index contributed by atoms with van der Waals surface area (Å²) in [5.41, 5.74) is 1.31. The zero-order chi connectivity index (χ0) is 22.5. The number of nitrogens with zero attached hydrogens (tertiary/aromatic N) is 5. The summed E-state index contributed by atoms with van der Waals surface area (Å²) in [4.78, 5) is 33.9. The van der Waals surface area contributed by atoms with Crippen LogP contribution in [0.25, 0.3) is 16.3 Å². The molecule has 0 unspecified atom stereocenters. The molecule has 0 spiro atoms. The molecule has 4 aromatic rings. The second kappa shape index (κ2) is 11.0. The number of halogens is 2. The van der Waals surface area contributed by atoms with Gasteiger partial charge in [-0.3, -0.25) is 19.8 Å². The number of benzene rings is 2. The van der Waals surface area contributed by atoms with Crippen molar-refractivity contribution in [3.63, 3.8) is 0 Å². The first kappa shape index (κ1) is 24.4. The number of nitro benzene ring substituents is 1. The van der Waals surface area contributed by atoms with Crippen LogP contribution in [0.1, 0.15) is 12.0 Å². The smallest absolute Gasteiger partial charge is 0.270 e. The van der Waals surface area contributed by atoms with Gasteiger partial charge >= 0.3 is 0 Å². The molecule has 0 radical (unpaired) electrons. The number of carbonyl (C=O) groups excluding carboxylic acids is 1. The third kappa shape index (κ3) is 6.16. The molecule has 11 heteroatoms. The van der Waals surface area contributed by atoms with Crippen molar-refractivity contribution in [1.82, 2.24) is 14.5 Å². The van der Waals surface area contributed by atoms with Crippen LogP contribution in [-0.2, 0) is 11.3 Å². The Morgan fingerprint density at radius 3 is 2.88 bits per heavy atom. The number of non-ortho nitro benzene ring substituents is 1. The Kier molecular flexibility index (Phi) is 8.16. The summed E-state index contributed by atoms with van der Waals surface area (Å²) in [5, 5.41) is 12.2. The Hall–Kier alpha value is -3.27. The van der Waals surface area contributed by atoms with Gasteiger partial charge in [0, 0.05) is 48.7 Å². The van der Waals surface area contributed by atoms with Crippen LogP contribution < -0.4 is 4.90 Å². The van der Waals surface area contributed by atoms with Crippen LogP contribution in [0.15, 0.2) is 67.3 Å². The molecule has 0 fully saturated rings. The van der Waals surface area contributed by atoms with Crippen molar-refractivity contribution in [3.8, 4) is 0 Å². The van der Waals surface area contributed by atoms with Crippen molar-refractivity contribution in [2.24, 2.45) is 0 Å². The fourth-order valence-corrected chi connectivity index (χ4v) is 4.40. The highest BCUT2D eigenvalue weighted by atomic mass is 35.5. The van der Waals surface area contributed by atoms with Crippen LogP contribution in [0.4, 0.5) is 10.8 Å². The first-order valence-corrected chi connectivity index (χ1v) is 10.9. The molecule has 33 heavy (non-hydrogen) atoms. The van der Waals surface area contributed by atoms with Crippen LogP contribution in [-0.4, -0.2) is 31.9 Å². The van der Waals surface area contributed by atoms with Crippen molar-refractivity contribution < 1.29 is 9.72 Å². The molecule has 1 amide bonds. The molecule has 0 aliphatic heterocycles. The highest BCUT2D eigenvalue weighted by Crippen LogP contribution is 2.31. The molecule has 0 N–H and O–H groups in total. The Bertz CT molecular complexity index is 1290. The highest BCUT2D eigenvalue weighted by Gasteiger charge is 2.18. The molecule has 0 bridgehead atoms. The van der Waals surface area contributed by atoms with E-state index in [1.54, 1.807) is 41.7 Å². The number of nitro groups is 1. The number of carbonyl (C=O) groups is 1. The fourth-order valence-electron chi connectivity index (χ4n) is 3.13. The van der Waals surface area contributed by atoms with Crippen LogP contribution in [0.5, 0.6) is 0 Å². The lowest BCUT2D eigenvalue weighted by molar-refractivity contribution is -0.384. The lowest BCUT2D eigenvalue weighted by Crippen LogP contribution is -2.30. The maximum atomic E-state index is 13.1. The van der Waals surface area contributed by atoms with E-state index in [0.29, 0.717) is 35.2 Å². The number of anilines is 1. The maximum Gasteiger partial charge on any atom is 0.270 e. The summed E-state index contributed by atoms with van der Waals surface area (Å²) in [6.45, 7) is 1.15. The second-order valence-corrected chi connectivity index (χ2v) is 8.38. The van der Waals surface area contributed by atoms with Gasteiger partial charge in [-0.15, -0.1) is 12.4 Å². The van der Waals surface area contributed by atoms with E-state index in [-0.39, 0.29) is 24.0 Å². The standard InChI is InChI=1S/C22H18ClN5O3S.ClH/c23-17-6-7-19-20(14-17)32-22(25-19)27(11-2-10-26-12-9-24-15-26)21(29)8-5-16-3-1-4-18(13-16)28(30)31;/h1,3-9,12-15H,2,10-11H2;1H/b8-5+;. The zero-order valence-corrected chi connectivity index (χ0v) is 19.6. The van der Waals surface area contributed by atoms with Crippen molar-refractivity contribution in [1.29, 1.82) is 0 Å². The van der Waals surface area contributed by atoms with E-state index in [2.05, 4.69) is 9.97 Å². The van der Waals surface area contributed by atoms with Crippen LogP contribution in [0.3, 0.4) is 0 Å². The quantitative estimate of drug-likeness (QED) is 0.177. The summed E-state index contributed by atoms with van der Waals surface area (Å²) >= 11 is 7.48. The van der Waals surface area contributed by atoms with Crippen molar-refractivity contribution >= 4 is 68.4 Å². The topological polar surface area (TPSA) is 94.2 Å². The average Bonchev–Trinajstić information content (AvgIpc) is 3.44. The molecule has 0 saturated carbocycles. The number of imidazole rings is 1.